The molecule has 4 nitrogen and oxygen atoms in total. The summed E-state index contributed by atoms with van der Waals surface area (Å²) in [6.45, 7) is 0.577. The van der Waals surface area contributed by atoms with Crippen molar-refractivity contribution in [2.75, 3.05) is 6.61 Å². The number of amides is 2. The van der Waals surface area contributed by atoms with Crippen LogP contribution in [0.3, 0.4) is 0 Å². The van der Waals surface area contributed by atoms with Crippen LogP contribution in [0, 0.1) is 5.92 Å². The molecular weight excluding hydrogens is 132 g/mol. The van der Waals surface area contributed by atoms with Crippen LogP contribution in [0.4, 0.5) is 4.79 Å². The van der Waals surface area contributed by atoms with Crippen molar-refractivity contribution in [2.24, 2.45) is 11.7 Å². The number of hydrogen-bond acceptors (Lipinski definition) is 2. The van der Waals surface area contributed by atoms with Crippen LogP contribution in [0.15, 0.2) is 0 Å². The smallest absolute Gasteiger partial charge is 0.336 e. The second-order valence-electron chi connectivity index (χ2n) is 2.55. The van der Waals surface area contributed by atoms with Gasteiger partial charge >= 0.3 is 6.03 Å². The van der Waals surface area contributed by atoms with Gasteiger partial charge < -0.3 is 5.73 Å². The summed E-state index contributed by atoms with van der Waals surface area (Å²) >= 11 is 0. The molecule has 0 aromatic heterocycles. The van der Waals surface area contributed by atoms with E-state index in [1.807, 2.05) is 0 Å². The third kappa shape index (κ3) is 3.29. The molecule has 0 atom stereocenters. The van der Waals surface area contributed by atoms with Crippen LogP contribution in [0.5, 0.6) is 0 Å². The number of rotatable bonds is 4. The second kappa shape index (κ2) is 3.41. The highest BCUT2D eigenvalue weighted by atomic mass is 16.7. The minimum absolute atomic E-state index is 0.577. The zero-order chi connectivity index (χ0) is 7.40. The lowest BCUT2D eigenvalue weighted by atomic mass is 10.3. The van der Waals surface area contributed by atoms with E-state index in [9.17, 15) is 4.79 Å². The van der Waals surface area contributed by atoms with Crippen LogP contribution in [-0.2, 0) is 4.84 Å². The van der Waals surface area contributed by atoms with Crippen molar-refractivity contribution in [3.63, 3.8) is 0 Å². The van der Waals surface area contributed by atoms with Crippen molar-refractivity contribution >= 4 is 6.03 Å². The van der Waals surface area contributed by atoms with Gasteiger partial charge in [0.2, 0.25) is 0 Å². The molecule has 10 heavy (non-hydrogen) atoms. The highest BCUT2D eigenvalue weighted by molar-refractivity contribution is 5.70. The largest absolute Gasteiger partial charge is 0.350 e. The second-order valence-corrected chi connectivity index (χ2v) is 2.55. The van der Waals surface area contributed by atoms with Gasteiger partial charge in [0.25, 0.3) is 0 Å². The maximum absolute atomic E-state index is 10.0. The van der Waals surface area contributed by atoms with Gasteiger partial charge in [-0.2, -0.15) is 0 Å². The zero-order valence-electron chi connectivity index (χ0n) is 5.80. The van der Waals surface area contributed by atoms with Crippen LogP contribution < -0.4 is 11.2 Å². The highest BCUT2D eigenvalue weighted by Gasteiger charge is 2.20. The summed E-state index contributed by atoms with van der Waals surface area (Å²) in [5.41, 5.74) is 6.82. The molecule has 0 saturated heterocycles. The molecule has 4 heteroatoms. The number of nitrogens with two attached hydrogens (primary N) is 1. The third-order valence-electron chi connectivity index (χ3n) is 1.50. The average Bonchev–Trinajstić information content (AvgIpc) is 2.62. The van der Waals surface area contributed by atoms with Crippen molar-refractivity contribution in [2.45, 2.75) is 19.3 Å². The van der Waals surface area contributed by atoms with E-state index < -0.39 is 6.03 Å². The van der Waals surface area contributed by atoms with Crippen molar-refractivity contribution in [1.82, 2.24) is 5.48 Å². The average molecular weight is 144 g/mol. The summed E-state index contributed by atoms with van der Waals surface area (Å²) in [5.74, 6) is 0.828. The van der Waals surface area contributed by atoms with Crippen LogP contribution in [0.2, 0.25) is 0 Å². The van der Waals surface area contributed by atoms with Crippen molar-refractivity contribution < 1.29 is 9.63 Å². The van der Waals surface area contributed by atoms with Crippen LogP contribution >= 0.6 is 0 Å². The van der Waals surface area contributed by atoms with Gasteiger partial charge in [-0.15, -0.1) is 0 Å². The molecule has 1 aliphatic carbocycles. The first-order valence-corrected chi connectivity index (χ1v) is 3.46. The molecular formula is C6H12N2O2. The monoisotopic (exact) mass is 144 g/mol. The fraction of sp³-hybridized carbons (Fsp3) is 0.833. The first kappa shape index (κ1) is 7.34. The van der Waals surface area contributed by atoms with E-state index in [1.165, 1.54) is 12.8 Å². The van der Waals surface area contributed by atoms with Gasteiger partial charge in [-0.05, 0) is 12.3 Å². The Morgan fingerprint density at radius 2 is 2.40 bits per heavy atom. The third-order valence-corrected chi connectivity index (χ3v) is 1.50. The predicted molar refractivity (Wildman–Crippen MR) is 36.0 cm³/mol. The molecule has 1 fully saturated rings. The number of hydrogen-bond donors (Lipinski definition) is 2. The Hall–Kier alpha value is -0.770. The molecule has 1 saturated carbocycles. The van der Waals surface area contributed by atoms with Gasteiger partial charge in [0.05, 0.1) is 6.61 Å². The first-order chi connectivity index (χ1) is 4.79. The maximum atomic E-state index is 10.0. The molecule has 0 spiro atoms. The Labute approximate surface area is 59.7 Å². The number of nitrogens with one attached hydrogen (secondary N) is 1. The molecule has 0 bridgehead atoms. The molecule has 3 N–H and O–H groups in total. The summed E-state index contributed by atoms with van der Waals surface area (Å²) < 4.78 is 0. The molecule has 0 aromatic carbocycles. The van der Waals surface area contributed by atoms with E-state index in [0.29, 0.717) is 6.61 Å². The lowest BCUT2D eigenvalue weighted by molar-refractivity contribution is 0.0604. The fourth-order valence-electron chi connectivity index (χ4n) is 0.754. The van der Waals surface area contributed by atoms with Gasteiger partial charge in [-0.3, -0.25) is 4.84 Å². The normalized spacial score (nSPS) is 16.8. The van der Waals surface area contributed by atoms with Gasteiger partial charge in [0.1, 0.15) is 0 Å². The van der Waals surface area contributed by atoms with Gasteiger partial charge in [0.15, 0.2) is 0 Å². The Morgan fingerprint density at radius 1 is 1.70 bits per heavy atom. The predicted octanol–water partition coefficient (Wildman–Crippen LogP) is 0.386. The minimum Gasteiger partial charge on any atom is -0.350 e. The van der Waals surface area contributed by atoms with Crippen LogP contribution in [0.25, 0.3) is 0 Å². The summed E-state index contributed by atoms with van der Waals surface area (Å²) in [4.78, 5) is 14.8. The van der Waals surface area contributed by atoms with E-state index in [4.69, 9.17) is 10.6 Å². The van der Waals surface area contributed by atoms with Crippen molar-refractivity contribution in [3.05, 3.63) is 0 Å². The molecule has 1 rings (SSSR count). The van der Waals surface area contributed by atoms with Gasteiger partial charge in [0, 0.05) is 0 Å². The summed E-state index contributed by atoms with van der Waals surface area (Å²) in [7, 11) is 0. The molecule has 58 valence electrons. The summed E-state index contributed by atoms with van der Waals surface area (Å²) in [6.07, 6.45) is 3.64. The summed E-state index contributed by atoms with van der Waals surface area (Å²) in [5, 5.41) is 0. The van der Waals surface area contributed by atoms with E-state index in [-0.39, 0.29) is 0 Å². The molecule has 0 aliphatic heterocycles. The highest BCUT2D eigenvalue weighted by Crippen LogP contribution is 2.31. The topological polar surface area (TPSA) is 64.4 Å². The summed E-state index contributed by atoms with van der Waals surface area (Å²) in [6, 6.07) is -0.629. The van der Waals surface area contributed by atoms with Gasteiger partial charge in [-0.25, -0.2) is 10.3 Å². The lowest BCUT2D eigenvalue weighted by Gasteiger charge is -2.00. The first-order valence-electron chi connectivity index (χ1n) is 3.46. The Kier molecular flexibility index (Phi) is 2.50. The molecule has 2 amide bonds. The molecule has 0 aromatic rings. The van der Waals surface area contributed by atoms with E-state index in [0.717, 1.165) is 12.3 Å². The zero-order valence-corrected chi connectivity index (χ0v) is 5.80. The Bertz CT molecular complexity index is 123. The number of hydroxylamine groups is 1. The molecule has 0 heterocycles. The van der Waals surface area contributed by atoms with E-state index >= 15 is 0 Å². The van der Waals surface area contributed by atoms with Gasteiger partial charge in [-0.1, -0.05) is 12.8 Å². The number of urea groups is 1. The number of primary amides is 1. The number of carbonyl (C=O) groups excluding carboxylic acids is 1. The lowest BCUT2D eigenvalue weighted by Crippen LogP contribution is -2.29. The Morgan fingerprint density at radius 3 is 2.90 bits per heavy atom. The molecule has 1 aliphatic rings. The van der Waals surface area contributed by atoms with Crippen molar-refractivity contribution in [1.29, 1.82) is 0 Å². The fourth-order valence-corrected chi connectivity index (χ4v) is 0.754. The number of carbonyl (C=O) groups is 1. The van der Waals surface area contributed by atoms with Crippen LogP contribution in [0.1, 0.15) is 19.3 Å². The molecule has 0 radical (unpaired) electrons. The Balaban J connectivity index is 1.80. The van der Waals surface area contributed by atoms with E-state index in [2.05, 4.69) is 5.48 Å². The quantitative estimate of drug-likeness (QED) is 0.442. The van der Waals surface area contributed by atoms with Crippen LogP contribution in [-0.4, -0.2) is 12.6 Å². The van der Waals surface area contributed by atoms with Crippen molar-refractivity contribution in [3.8, 4) is 0 Å². The standard InChI is InChI=1S/C6H12N2O2/c7-6(9)8-10-4-3-5-1-2-5/h5H,1-4H2,(H3,7,8,9). The minimum atomic E-state index is -0.629. The van der Waals surface area contributed by atoms with E-state index in [1.54, 1.807) is 0 Å². The molecule has 0 unspecified atom stereocenters. The maximum Gasteiger partial charge on any atom is 0.336 e. The SMILES string of the molecule is NC(=O)NOCCC1CC1.